The van der Waals surface area contributed by atoms with E-state index in [-0.39, 0.29) is 9.10 Å². The van der Waals surface area contributed by atoms with Crippen molar-refractivity contribution in [2.24, 2.45) is 0 Å². The van der Waals surface area contributed by atoms with Crippen molar-refractivity contribution in [3.05, 3.63) is 52.4 Å². The Morgan fingerprint density at radius 1 is 1.20 bits per heavy atom. The second-order valence-electron chi connectivity index (χ2n) is 4.39. The Kier molecular flexibility index (Phi) is 2.95. The van der Waals surface area contributed by atoms with Gasteiger partial charge < -0.3 is 0 Å². The minimum atomic E-state index is -3.70. The average Bonchev–Trinajstić information content (AvgIpc) is 2.82. The molecule has 5 nitrogen and oxygen atoms in total. The molecule has 0 amide bonds. The van der Waals surface area contributed by atoms with Gasteiger partial charge in [-0.25, -0.2) is 13.5 Å². The van der Waals surface area contributed by atoms with Gasteiger partial charge in [0.05, 0.1) is 11.1 Å². The number of aryl methyl sites for hydroxylation is 1. The van der Waals surface area contributed by atoms with Gasteiger partial charge in [0.25, 0.3) is 5.56 Å². The topological polar surface area (TPSA) is 79.9 Å². The summed E-state index contributed by atoms with van der Waals surface area (Å²) in [7, 11) is -3.70. The number of hydrogen-bond acceptors (Lipinski definition) is 5. The van der Waals surface area contributed by atoms with E-state index in [0.717, 1.165) is 27.9 Å². The first-order valence-electron chi connectivity index (χ1n) is 5.77. The van der Waals surface area contributed by atoms with Crippen LogP contribution in [-0.4, -0.2) is 18.6 Å². The molecule has 0 aliphatic carbocycles. The van der Waals surface area contributed by atoms with E-state index in [9.17, 15) is 13.2 Å². The van der Waals surface area contributed by atoms with Gasteiger partial charge in [-0.1, -0.05) is 17.7 Å². The minimum absolute atomic E-state index is 0.0930. The zero-order chi connectivity index (χ0) is 14.3. The van der Waals surface area contributed by atoms with Crippen molar-refractivity contribution < 1.29 is 8.42 Å². The molecule has 0 radical (unpaired) electrons. The molecule has 1 aromatic carbocycles. The Labute approximate surface area is 118 Å². The molecule has 7 heteroatoms. The first kappa shape index (κ1) is 13.0. The highest BCUT2D eigenvalue weighted by Gasteiger charge is 2.21. The average molecular weight is 306 g/mol. The number of aromatic amines is 1. The van der Waals surface area contributed by atoms with Crippen LogP contribution in [0.2, 0.25) is 0 Å². The van der Waals surface area contributed by atoms with E-state index < -0.39 is 15.4 Å². The molecule has 0 atom stereocenters. The lowest BCUT2D eigenvalue weighted by molar-refractivity contribution is 0.597. The number of fused-ring (bicyclic) bond motifs is 1. The van der Waals surface area contributed by atoms with Gasteiger partial charge in [0.1, 0.15) is 4.21 Å². The molecule has 0 saturated carbocycles. The molecule has 0 bridgehead atoms. The van der Waals surface area contributed by atoms with Gasteiger partial charge in [0.2, 0.25) is 9.84 Å². The van der Waals surface area contributed by atoms with Gasteiger partial charge >= 0.3 is 0 Å². The van der Waals surface area contributed by atoms with E-state index in [1.165, 1.54) is 11.3 Å². The summed E-state index contributed by atoms with van der Waals surface area (Å²) in [6.07, 6.45) is 1.15. The van der Waals surface area contributed by atoms with Crippen molar-refractivity contribution in [3.8, 4) is 0 Å². The third-order valence-electron chi connectivity index (χ3n) is 2.86. The fourth-order valence-corrected chi connectivity index (χ4v) is 4.63. The highest BCUT2D eigenvalue weighted by Crippen LogP contribution is 2.32. The molecule has 2 heterocycles. The highest BCUT2D eigenvalue weighted by molar-refractivity contribution is 7.93. The van der Waals surface area contributed by atoms with Crippen LogP contribution in [0.5, 0.6) is 0 Å². The van der Waals surface area contributed by atoms with Crippen LogP contribution >= 0.6 is 11.3 Å². The van der Waals surface area contributed by atoms with Gasteiger partial charge in [-0.2, -0.15) is 5.10 Å². The smallest absolute Gasteiger partial charge is 0.265 e. The maximum atomic E-state index is 12.5. The summed E-state index contributed by atoms with van der Waals surface area (Å²) in [6.45, 7) is 1.95. The summed E-state index contributed by atoms with van der Waals surface area (Å²) in [5, 5.41) is 6.58. The lowest BCUT2D eigenvalue weighted by Crippen LogP contribution is -2.10. The van der Waals surface area contributed by atoms with Crippen LogP contribution < -0.4 is 5.56 Å². The van der Waals surface area contributed by atoms with E-state index in [1.54, 1.807) is 6.07 Å². The van der Waals surface area contributed by atoms with Crippen LogP contribution in [0.4, 0.5) is 0 Å². The molecule has 0 spiro atoms. The zero-order valence-corrected chi connectivity index (χ0v) is 12.1. The number of aromatic nitrogens is 2. The van der Waals surface area contributed by atoms with E-state index in [4.69, 9.17) is 0 Å². The van der Waals surface area contributed by atoms with E-state index >= 15 is 0 Å². The molecule has 102 valence electrons. The third-order valence-corrected chi connectivity index (χ3v) is 6.17. The predicted octanol–water partition coefficient (Wildman–Crippen LogP) is 2.13. The van der Waals surface area contributed by atoms with Gasteiger partial charge in [-0.3, -0.25) is 4.79 Å². The number of nitrogens with one attached hydrogen (secondary N) is 1. The van der Waals surface area contributed by atoms with Crippen LogP contribution in [0.25, 0.3) is 10.1 Å². The summed E-state index contributed by atoms with van der Waals surface area (Å²) < 4.78 is 26.0. The normalized spacial score (nSPS) is 11.8. The summed E-state index contributed by atoms with van der Waals surface area (Å²) in [5.41, 5.74) is 0.528. The summed E-state index contributed by atoms with van der Waals surface area (Å²) in [4.78, 5) is 11.1. The van der Waals surface area contributed by atoms with Gasteiger partial charge in [0, 0.05) is 10.8 Å². The van der Waals surface area contributed by atoms with Crippen LogP contribution in [0.3, 0.4) is 0 Å². The fraction of sp³-hybridized carbons (Fsp3) is 0.0769. The van der Waals surface area contributed by atoms with Crippen LogP contribution in [0.1, 0.15) is 5.56 Å². The summed E-state index contributed by atoms with van der Waals surface area (Å²) >= 11 is 1.19. The van der Waals surface area contributed by atoms with E-state index in [2.05, 4.69) is 10.2 Å². The molecule has 1 N–H and O–H groups in total. The molecular weight excluding hydrogens is 296 g/mol. The quantitative estimate of drug-likeness (QED) is 0.786. The molecule has 0 unspecified atom stereocenters. The Bertz CT molecular complexity index is 955. The van der Waals surface area contributed by atoms with E-state index in [1.807, 2.05) is 25.1 Å². The molecule has 3 rings (SSSR count). The Morgan fingerprint density at radius 2 is 2.00 bits per heavy atom. The molecule has 3 aromatic rings. The maximum absolute atomic E-state index is 12.5. The van der Waals surface area contributed by atoms with Crippen molar-refractivity contribution in [1.82, 2.24) is 10.2 Å². The molecule has 0 saturated heterocycles. The molecule has 20 heavy (non-hydrogen) atoms. The van der Waals surface area contributed by atoms with Crippen LogP contribution in [-0.2, 0) is 9.84 Å². The molecular formula is C13H10N2O3S2. The molecule has 0 aliphatic rings. The number of hydrogen-bond donors (Lipinski definition) is 1. The maximum Gasteiger partial charge on any atom is 0.265 e. The number of benzene rings is 1. The van der Waals surface area contributed by atoms with Gasteiger partial charge in [0.15, 0.2) is 0 Å². The van der Waals surface area contributed by atoms with Crippen molar-refractivity contribution in [2.75, 3.05) is 0 Å². The third kappa shape index (κ3) is 2.14. The second kappa shape index (κ2) is 4.53. The second-order valence-corrected chi connectivity index (χ2v) is 7.65. The monoisotopic (exact) mass is 306 g/mol. The minimum Gasteiger partial charge on any atom is -0.268 e. The number of sulfone groups is 1. The standard InChI is InChI=1S/C13H10N2O3S2/c1-8-2-3-11-9(4-8)5-13(19-11)20(17,18)10-6-12(16)15-14-7-10/h2-7H,1H3,(H,15,16). The SMILES string of the molecule is Cc1ccc2sc(S(=O)(=O)c3cn[nH]c(=O)c3)cc2c1. The molecule has 2 aromatic heterocycles. The fourth-order valence-electron chi connectivity index (χ4n) is 1.89. The van der Waals surface area contributed by atoms with Crippen molar-refractivity contribution >= 4 is 31.3 Å². The predicted molar refractivity (Wildman–Crippen MR) is 76.9 cm³/mol. The first-order chi connectivity index (χ1) is 9.46. The van der Waals surface area contributed by atoms with Crippen molar-refractivity contribution in [2.45, 2.75) is 16.0 Å². The molecule has 0 aliphatic heterocycles. The zero-order valence-electron chi connectivity index (χ0n) is 10.5. The Balaban J connectivity index is 2.21. The van der Waals surface area contributed by atoms with Crippen molar-refractivity contribution in [3.63, 3.8) is 0 Å². The number of H-pyrrole nitrogens is 1. The number of rotatable bonds is 2. The van der Waals surface area contributed by atoms with Crippen LogP contribution in [0.15, 0.2) is 50.4 Å². The number of thiophene rings is 1. The summed E-state index contributed by atoms with van der Waals surface area (Å²) in [6, 6.07) is 8.43. The number of nitrogens with zero attached hydrogens (tertiary/aromatic N) is 1. The van der Waals surface area contributed by atoms with Crippen LogP contribution in [0, 0.1) is 6.92 Å². The summed E-state index contributed by atoms with van der Waals surface area (Å²) in [5.74, 6) is 0. The largest absolute Gasteiger partial charge is 0.268 e. The lowest BCUT2D eigenvalue weighted by atomic mass is 10.2. The van der Waals surface area contributed by atoms with Crippen molar-refractivity contribution in [1.29, 1.82) is 0 Å². The van der Waals surface area contributed by atoms with E-state index in [0.29, 0.717) is 0 Å². The Morgan fingerprint density at radius 3 is 2.75 bits per heavy atom. The molecule has 0 fully saturated rings. The lowest BCUT2D eigenvalue weighted by Gasteiger charge is -1.98. The Hall–Kier alpha value is -1.99. The van der Waals surface area contributed by atoms with Gasteiger partial charge in [-0.15, -0.1) is 11.3 Å². The van der Waals surface area contributed by atoms with Gasteiger partial charge in [-0.05, 0) is 24.4 Å². The highest BCUT2D eigenvalue weighted by atomic mass is 32.2. The first-order valence-corrected chi connectivity index (χ1v) is 8.07.